The fourth-order valence-electron chi connectivity index (χ4n) is 3.24. The van der Waals surface area contributed by atoms with Gasteiger partial charge in [-0.3, -0.25) is 0 Å². The average molecular weight is 293 g/mol. The molecule has 3 nitrogen and oxygen atoms in total. The Morgan fingerprint density at radius 3 is 2.85 bits per heavy atom. The molecule has 1 aliphatic carbocycles. The lowest BCUT2D eigenvalue weighted by Crippen LogP contribution is -2.26. The Labute approximate surface area is 122 Å². The molecule has 0 amide bonds. The van der Waals surface area contributed by atoms with Crippen LogP contribution >= 0.6 is 11.8 Å². The first kappa shape index (κ1) is 13.7. The Kier molecular flexibility index (Phi) is 3.63. The van der Waals surface area contributed by atoms with E-state index in [1.165, 1.54) is 25.3 Å². The SMILES string of the molecule is CSC1CCCCC1n1c(N)nc2cc(F)c(C)cc21. The van der Waals surface area contributed by atoms with Gasteiger partial charge < -0.3 is 10.3 Å². The van der Waals surface area contributed by atoms with Gasteiger partial charge in [0, 0.05) is 17.4 Å². The number of nitrogen functional groups attached to an aromatic ring is 1. The predicted molar refractivity (Wildman–Crippen MR) is 83.6 cm³/mol. The Balaban J connectivity index is 2.14. The van der Waals surface area contributed by atoms with Gasteiger partial charge in [0.25, 0.3) is 0 Å². The number of rotatable bonds is 2. The van der Waals surface area contributed by atoms with E-state index >= 15 is 0 Å². The summed E-state index contributed by atoms with van der Waals surface area (Å²) in [6.07, 6.45) is 7.00. The molecule has 1 aliphatic rings. The first-order valence-corrected chi connectivity index (χ1v) is 8.37. The average Bonchev–Trinajstić information content (AvgIpc) is 2.74. The zero-order valence-corrected chi connectivity index (χ0v) is 12.7. The summed E-state index contributed by atoms with van der Waals surface area (Å²) >= 11 is 1.90. The summed E-state index contributed by atoms with van der Waals surface area (Å²) in [5, 5.41) is 0.564. The Hall–Kier alpha value is -1.23. The van der Waals surface area contributed by atoms with Crippen molar-refractivity contribution in [1.29, 1.82) is 0 Å². The van der Waals surface area contributed by atoms with E-state index in [1.807, 2.05) is 17.8 Å². The van der Waals surface area contributed by atoms with Gasteiger partial charge in [-0.15, -0.1) is 0 Å². The third-order valence-corrected chi connectivity index (χ3v) is 5.45. The van der Waals surface area contributed by atoms with Crippen LogP contribution in [0.3, 0.4) is 0 Å². The number of aryl methyl sites for hydroxylation is 1. The molecule has 2 atom stereocenters. The van der Waals surface area contributed by atoms with Gasteiger partial charge >= 0.3 is 0 Å². The van der Waals surface area contributed by atoms with Crippen molar-refractivity contribution >= 4 is 28.7 Å². The third-order valence-electron chi connectivity index (χ3n) is 4.30. The number of nitrogens with zero attached hydrogens (tertiary/aromatic N) is 2. The van der Waals surface area contributed by atoms with Crippen LogP contribution in [-0.2, 0) is 0 Å². The van der Waals surface area contributed by atoms with E-state index in [0.29, 0.717) is 28.3 Å². The van der Waals surface area contributed by atoms with Crippen LogP contribution in [0.25, 0.3) is 11.0 Å². The van der Waals surface area contributed by atoms with Crippen molar-refractivity contribution in [1.82, 2.24) is 9.55 Å². The molecule has 1 heterocycles. The number of nitrogens with two attached hydrogens (primary N) is 1. The molecule has 2 aromatic rings. The number of thioether (sulfide) groups is 1. The third kappa shape index (κ3) is 2.18. The number of imidazole rings is 1. The summed E-state index contributed by atoms with van der Waals surface area (Å²) in [5.41, 5.74) is 8.40. The lowest BCUT2D eigenvalue weighted by molar-refractivity contribution is 0.374. The molecule has 0 saturated heterocycles. The molecular formula is C15H20FN3S. The second kappa shape index (κ2) is 5.28. The van der Waals surface area contributed by atoms with Gasteiger partial charge in [0.2, 0.25) is 5.95 Å². The lowest BCUT2D eigenvalue weighted by Gasteiger charge is -2.32. The lowest BCUT2D eigenvalue weighted by atomic mass is 9.94. The van der Waals surface area contributed by atoms with Crippen molar-refractivity contribution in [2.24, 2.45) is 0 Å². The molecule has 1 fully saturated rings. The monoisotopic (exact) mass is 293 g/mol. The minimum Gasteiger partial charge on any atom is -0.369 e. The largest absolute Gasteiger partial charge is 0.369 e. The Morgan fingerprint density at radius 1 is 1.35 bits per heavy atom. The van der Waals surface area contributed by atoms with E-state index in [4.69, 9.17) is 5.73 Å². The van der Waals surface area contributed by atoms with E-state index < -0.39 is 0 Å². The number of hydrogen-bond acceptors (Lipinski definition) is 3. The van der Waals surface area contributed by atoms with Crippen LogP contribution < -0.4 is 5.73 Å². The first-order chi connectivity index (χ1) is 9.61. The summed E-state index contributed by atoms with van der Waals surface area (Å²) in [6.45, 7) is 1.79. The maximum absolute atomic E-state index is 13.7. The van der Waals surface area contributed by atoms with Crippen LogP contribution in [-0.4, -0.2) is 21.1 Å². The van der Waals surface area contributed by atoms with Gasteiger partial charge in [-0.2, -0.15) is 11.8 Å². The van der Waals surface area contributed by atoms with Gasteiger partial charge in [0.1, 0.15) is 5.82 Å². The van der Waals surface area contributed by atoms with Gasteiger partial charge in [-0.05, 0) is 37.7 Å². The molecule has 1 saturated carbocycles. The minimum absolute atomic E-state index is 0.216. The highest BCUT2D eigenvalue weighted by molar-refractivity contribution is 7.99. The molecule has 3 rings (SSSR count). The van der Waals surface area contributed by atoms with Crippen molar-refractivity contribution in [2.75, 3.05) is 12.0 Å². The highest BCUT2D eigenvalue weighted by Crippen LogP contribution is 2.39. The summed E-state index contributed by atoms with van der Waals surface area (Å²) < 4.78 is 15.8. The molecule has 2 N–H and O–H groups in total. The molecular weight excluding hydrogens is 273 g/mol. The predicted octanol–water partition coefficient (Wildman–Crippen LogP) is 3.91. The van der Waals surface area contributed by atoms with Crippen LogP contribution in [0.4, 0.5) is 10.3 Å². The van der Waals surface area contributed by atoms with Crippen molar-refractivity contribution in [3.05, 3.63) is 23.5 Å². The highest BCUT2D eigenvalue weighted by Gasteiger charge is 2.28. The molecule has 1 aromatic heterocycles. The zero-order chi connectivity index (χ0) is 14.3. The quantitative estimate of drug-likeness (QED) is 0.913. The van der Waals surface area contributed by atoms with E-state index in [1.54, 1.807) is 6.92 Å². The number of hydrogen-bond donors (Lipinski definition) is 1. The summed E-state index contributed by atoms with van der Waals surface area (Å²) in [5.74, 6) is 0.295. The number of aromatic nitrogens is 2. The second-order valence-electron chi connectivity index (χ2n) is 5.56. The molecule has 0 bridgehead atoms. The van der Waals surface area contributed by atoms with Gasteiger partial charge in [0.15, 0.2) is 0 Å². The molecule has 0 radical (unpaired) electrons. The van der Waals surface area contributed by atoms with Crippen molar-refractivity contribution in [3.8, 4) is 0 Å². The topological polar surface area (TPSA) is 43.8 Å². The summed E-state index contributed by atoms with van der Waals surface area (Å²) in [6, 6.07) is 3.74. The van der Waals surface area contributed by atoms with Crippen molar-refractivity contribution in [3.63, 3.8) is 0 Å². The maximum Gasteiger partial charge on any atom is 0.201 e. The summed E-state index contributed by atoms with van der Waals surface area (Å²) in [4.78, 5) is 4.35. The first-order valence-electron chi connectivity index (χ1n) is 7.08. The van der Waals surface area contributed by atoms with Crippen LogP contribution in [0.5, 0.6) is 0 Å². The zero-order valence-electron chi connectivity index (χ0n) is 11.9. The van der Waals surface area contributed by atoms with Crippen molar-refractivity contribution < 1.29 is 4.39 Å². The standard InChI is InChI=1S/C15H20FN3S/c1-9-7-13-11(8-10(9)16)18-15(17)19(13)12-5-3-4-6-14(12)20-2/h7-8,12,14H,3-6H2,1-2H3,(H2,17,18). The fraction of sp³-hybridized carbons (Fsp3) is 0.533. The number of fused-ring (bicyclic) bond motifs is 1. The van der Waals surface area contributed by atoms with Crippen LogP contribution in [0.2, 0.25) is 0 Å². The van der Waals surface area contributed by atoms with Crippen LogP contribution in [0.1, 0.15) is 37.3 Å². The van der Waals surface area contributed by atoms with Gasteiger partial charge in [-0.25, -0.2) is 9.37 Å². The number of anilines is 1. The van der Waals surface area contributed by atoms with Crippen LogP contribution in [0, 0.1) is 12.7 Å². The smallest absolute Gasteiger partial charge is 0.201 e. The molecule has 108 valence electrons. The second-order valence-corrected chi connectivity index (χ2v) is 6.63. The van der Waals surface area contributed by atoms with E-state index in [2.05, 4.69) is 15.8 Å². The molecule has 5 heteroatoms. The molecule has 0 aliphatic heterocycles. The number of benzene rings is 1. The Morgan fingerprint density at radius 2 is 2.10 bits per heavy atom. The molecule has 2 unspecified atom stereocenters. The highest BCUT2D eigenvalue weighted by atomic mass is 32.2. The van der Waals surface area contributed by atoms with E-state index in [-0.39, 0.29) is 5.82 Å². The fourth-order valence-corrected chi connectivity index (χ4v) is 4.21. The van der Waals surface area contributed by atoms with Gasteiger partial charge in [0.05, 0.1) is 11.0 Å². The van der Waals surface area contributed by atoms with Gasteiger partial charge in [-0.1, -0.05) is 12.8 Å². The van der Waals surface area contributed by atoms with E-state index in [9.17, 15) is 4.39 Å². The van der Waals surface area contributed by atoms with Crippen LogP contribution in [0.15, 0.2) is 12.1 Å². The number of halogens is 1. The van der Waals surface area contributed by atoms with Crippen molar-refractivity contribution in [2.45, 2.75) is 43.9 Å². The maximum atomic E-state index is 13.7. The molecule has 0 spiro atoms. The van der Waals surface area contributed by atoms with E-state index in [0.717, 1.165) is 11.9 Å². The summed E-state index contributed by atoms with van der Waals surface area (Å²) in [7, 11) is 0. The molecule has 20 heavy (non-hydrogen) atoms. The minimum atomic E-state index is -0.216. The normalized spacial score (nSPS) is 23.4. The Bertz CT molecular complexity index is 638. The molecule has 1 aromatic carbocycles.